The van der Waals surface area contributed by atoms with E-state index in [0.29, 0.717) is 34.8 Å². The molecule has 0 unspecified atom stereocenters. The molecule has 0 radical (unpaired) electrons. The first kappa shape index (κ1) is 30.1. The Morgan fingerprint density at radius 3 is 2.47 bits per heavy atom. The van der Waals surface area contributed by atoms with E-state index in [1.807, 2.05) is 23.1 Å². The molecule has 224 valence electrons. The van der Waals surface area contributed by atoms with E-state index in [9.17, 15) is 18.0 Å². The van der Waals surface area contributed by atoms with Crippen LogP contribution in [0, 0.1) is 0 Å². The number of unbranched alkanes of at least 4 members (excludes halogenated alkanes) is 2. The number of fused-ring (bicyclic) bond motifs is 1. The molecule has 0 atom stereocenters. The van der Waals surface area contributed by atoms with E-state index in [1.54, 1.807) is 67.0 Å². The van der Waals surface area contributed by atoms with E-state index in [1.165, 1.54) is 6.42 Å². The lowest BCUT2D eigenvalue weighted by Gasteiger charge is -2.25. The molecule has 9 heteroatoms. The monoisotopic (exact) mass is 588 g/mol. The molecular formula is C34H35F3N4O2. The van der Waals surface area contributed by atoms with Crippen molar-refractivity contribution in [1.82, 2.24) is 20.1 Å². The lowest BCUT2D eigenvalue weighted by molar-refractivity contribution is -0.127. The van der Waals surface area contributed by atoms with Gasteiger partial charge >= 0.3 is 6.18 Å². The number of allylic oxidation sites excluding steroid dienone is 2. The van der Waals surface area contributed by atoms with E-state index in [-0.39, 0.29) is 11.5 Å². The van der Waals surface area contributed by atoms with Gasteiger partial charge in [-0.1, -0.05) is 42.5 Å². The highest BCUT2D eigenvalue weighted by Crippen LogP contribution is 2.40. The molecule has 0 bridgehead atoms. The van der Waals surface area contributed by atoms with Crippen molar-refractivity contribution in [3.8, 4) is 5.88 Å². The quantitative estimate of drug-likeness (QED) is 0.110. The molecule has 2 aromatic carbocycles. The lowest BCUT2D eigenvalue weighted by atomic mass is 9.88. The van der Waals surface area contributed by atoms with E-state index >= 15 is 0 Å². The summed E-state index contributed by atoms with van der Waals surface area (Å²) < 4.78 is 47.6. The van der Waals surface area contributed by atoms with Gasteiger partial charge in [-0.25, -0.2) is 4.98 Å². The number of pyridine rings is 1. The van der Waals surface area contributed by atoms with Crippen molar-refractivity contribution in [2.45, 2.75) is 51.1 Å². The molecule has 43 heavy (non-hydrogen) atoms. The highest BCUT2D eigenvalue weighted by atomic mass is 19.4. The molecule has 1 aliphatic rings. The van der Waals surface area contributed by atoms with Gasteiger partial charge in [-0.2, -0.15) is 18.3 Å². The van der Waals surface area contributed by atoms with E-state index in [0.717, 1.165) is 56.1 Å². The summed E-state index contributed by atoms with van der Waals surface area (Å²) in [6, 6.07) is 17.6. The number of aromatic amines is 1. The number of ether oxygens (including phenoxy) is 1. The maximum Gasteiger partial charge on any atom is 0.393 e. The topological polar surface area (TPSA) is 71.1 Å². The smallest absolute Gasteiger partial charge is 0.393 e. The second-order valence-electron chi connectivity index (χ2n) is 10.7. The maximum absolute atomic E-state index is 13.9. The summed E-state index contributed by atoms with van der Waals surface area (Å²) >= 11 is 0. The van der Waals surface area contributed by atoms with E-state index in [2.05, 4.69) is 15.2 Å². The average molecular weight is 589 g/mol. The van der Waals surface area contributed by atoms with Gasteiger partial charge in [0.1, 0.15) is 0 Å². The molecule has 0 aliphatic carbocycles. The van der Waals surface area contributed by atoms with Crippen molar-refractivity contribution < 1.29 is 22.7 Å². The maximum atomic E-state index is 13.9. The normalized spacial score (nSPS) is 14.7. The van der Waals surface area contributed by atoms with Gasteiger partial charge in [0.15, 0.2) is 0 Å². The fourth-order valence-corrected chi connectivity index (χ4v) is 5.35. The predicted molar refractivity (Wildman–Crippen MR) is 162 cm³/mol. The number of carbonyl (C=O) groups excluding carboxylic acids is 1. The van der Waals surface area contributed by atoms with Crippen LogP contribution in [0.15, 0.2) is 85.2 Å². The number of nitrogens with one attached hydrogen (secondary N) is 1. The minimum absolute atomic E-state index is 0.0870. The van der Waals surface area contributed by atoms with Crippen LogP contribution in [0.2, 0.25) is 0 Å². The standard InChI is InChI=1S/C34H35F3N4O2/c35-34(36,37)22-29(25-11-5-3-6-12-25)33(26-14-16-30-28(21-26)24-39-40-30)27-15-17-31(38-23-27)43-20-10-2-1-7-13-32(42)41-18-8-4-9-19-41/h3,5-7,11-17,21,23-24H,1-2,4,8-10,18-20,22H2,(H,39,40)/b13-7+,33-29-. The molecule has 0 spiro atoms. The predicted octanol–water partition coefficient (Wildman–Crippen LogP) is 7.99. The molecule has 0 saturated carbocycles. The summed E-state index contributed by atoms with van der Waals surface area (Å²) in [4.78, 5) is 18.6. The number of nitrogens with zero attached hydrogens (tertiary/aromatic N) is 3. The van der Waals surface area contributed by atoms with Crippen molar-refractivity contribution >= 4 is 28.0 Å². The Balaban J connectivity index is 1.29. The summed E-state index contributed by atoms with van der Waals surface area (Å²) in [5.74, 6) is 0.491. The molecule has 1 saturated heterocycles. The summed E-state index contributed by atoms with van der Waals surface area (Å²) in [5, 5.41) is 7.75. The first-order valence-corrected chi connectivity index (χ1v) is 14.7. The first-order chi connectivity index (χ1) is 20.9. The first-order valence-electron chi connectivity index (χ1n) is 14.7. The van der Waals surface area contributed by atoms with Crippen molar-refractivity contribution in [2.24, 2.45) is 0 Å². The largest absolute Gasteiger partial charge is 0.478 e. The summed E-state index contributed by atoms with van der Waals surface area (Å²) in [7, 11) is 0. The molecule has 1 aliphatic heterocycles. The molecule has 1 N–H and O–H groups in total. The number of benzene rings is 2. The zero-order chi connectivity index (χ0) is 30.1. The van der Waals surface area contributed by atoms with E-state index in [4.69, 9.17) is 4.74 Å². The Labute approximate surface area is 249 Å². The molecule has 4 aromatic rings. The third-order valence-corrected chi connectivity index (χ3v) is 7.50. The molecule has 6 nitrogen and oxygen atoms in total. The Morgan fingerprint density at radius 1 is 0.930 bits per heavy atom. The number of aromatic nitrogens is 3. The SMILES string of the molecule is O=C(/C=C/CCCCOc1ccc(/C(=C(/CC(F)(F)F)c2ccccc2)c2ccc3[nH]ncc3c2)cn1)N1CCCCC1. The number of likely N-dealkylation sites (tertiary alicyclic amines) is 1. The Bertz CT molecular complexity index is 1550. The molecule has 3 heterocycles. The van der Waals surface area contributed by atoms with Crippen LogP contribution in [0.25, 0.3) is 22.0 Å². The molecule has 2 aromatic heterocycles. The van der Waals surface area contributed by atoms with Crippen molar-refractivity contribution in [3.05, 3.63) is 102 Å². The highest BCUT2D eigenvalue weighted by Gasteiger charge is 2.31. The van der Waals surface area contributed by atoms with Crippen LogP contribution < -0.4 is 4.74 Å². The average Bonchev–Trinajstić information content (AvgIpc) is 3.49. The number of halogens is 3. The Morgan fingerprint density at radius 2 is 1.72 bits per heavy atom. The number of hydrogen-bond acceptors (Lipinski definition) is 4. The van der Waals surface area contributed by atoms with Crippen LogP contribution in [-0.4, -0.2) is 51.9 Å². The second-order valence-corrected chi connectivity index (χ2v) is 10.7. The Hall–Kier alpha value is -4.40. The van der Waals surface area contributed by atoms with Gasteiger partial charge in [0, 0.05) is 36.3 Å². The summed E-state index contributed by atoms with van der Waals surface area (Å²) in [5.41, 5.74) is 3.11. The van der Waals surface area contributed by atoms with Crippen LogP contribution in [0.1, 0.15) is 61.6 Å². The molecule has 5 rings (SSSR count). The fraction of sp³-hybridized carbons (Fsp3) is 0.324. The number of amides is 1. The minimum Gasteiger partial charge on any atom is -0.478 e. The van der Waals surface area contributed by atoms with Crippen LogP contribution in [0.4, 0.5) is 13.2 Å². The van der Waals surface area contributed by atoms with Gasteiger partial charge in [-0.3, -0.25) is 9.89 Å². The number of piperidine rings is 1. The van der Waals surface area contributed by atoms with Crippen LogP contribution in [-0.2, 0) is 4.79 Å². The number of alkyl halides is 3. The second kappa shape index (κ2) is 14.2. The van der Waals surface area contributed by atoms with Crippen LogP contribution in [0.3, 0.4) is 0 Å². The van der Waals surface area contributed by atoms with Gasteiger partial charge < -0.3 is 9.64 Å². The van der Waals surface area contributed by atoms with Crippen molar-refractivity contribution in [2.75, 3.05) is 19.7 Å². The summed E-state index contributed by atoms with van der Waals surface area (Å²) in [6.45, 7) is 2.13. The number of hydrogen-bond donors (Lipinski definition) is 1. The van der Waals surface area contributed by atoms with Crippen LogP contribution in [0.5, 0.6) is 5.88 Å². The van der Waals surface area contributed by atoms with Gasteiger partial charge in [0.05, 0.1) is 24.7 Å². The molecular weight excluding hydrogens is 553 g/mol. The third kappa shape index (κ3) is 8.34. The van der Waals surface area contributed by atoms with Gasteiger partial charge in [0.25, 0.3) is 0 Å². The van der Waals surface area contributed by atoms with Crippen molar-refractivity contribution in [1.29, 1.82) is 0 Å². The highest BCUT2D eigenvalue weighted by molar-refractivity contribution is 6.00. The zero-order valence-corrected chi connectivity index (χ0v) is 23.9. The molecule has 1 fully saturated rings. The minimum atomic E-state index is -4.41. The number of H-pyrrole nitrogens is 1. The van der Waals surface area contributed by atoms with Gasteiger partial charge in [-0.05, 0) is 85.1 Å². The summed E-state index contributed by atoms with van der Waals surface area (Å²) in [6.07, 6.45) is 7.08. The van der Waals surface area contributed by atoms with E-state index < -0.39 is 12.6 Å². The zero-order valence-electron chi connectivity index (χ0n) is 23.9. The van der Waals surface area contributed by atoms with Crippen molar-refractivity contribution in [3.63, 3.8) is 0 Å². The number of carbonyl (C=O) groups is 1. The fourth-order valence-electron chi connectivity index (χ4n) is 5.35. The Kier molecular flexibility index (Phi) is 9.92. The molecule has 1 amide bonds. The van der Waals surface area contributed by atoms with Gasteiger partial charge in [-0.15, -0.1) is 0 Å². The van der Waals surface area contributed by atoms with Crippen LogP contribution >= 0.6 is 0 Å². The number of rotatable bonds is 11. The lowest BCUT2D eigenvalue weighted by Crippen LogP contribution is -2.34. The van der Waals surface area contributed by atoms with Gasteiger partial charge in [0.2, 0.25) is 11.8 Å². The third-order valence-electron chi connectivity index (χ3n) is 7.50.